The molecule has 0 aliphatic carbocycles. The lowest BCUT2D eigenvalue weighted by Crippen LogP contribution is -2.46. The minimum absolute atomic E-state index is 0.0834. The Bertz CT molecular complexity index is 376. The van der Waals surface area contributed by atoms with Crippen molar-refractivity contribution in [1.82, 2.24) is 10.3 Å². The fourth-order valence-corrected chi connectivity index (χ4v) is 1.81. The third kappa shape index (κ3) is 4.25. The number of ether oxygens (including phenoxy) is 1. The maximum absolute atomic E-state index is 9.71. The number of aliphatic hydroxyl groups excluding tert-OH is 1. The van der Waals surface area contributed by atoms with Crippen LogP contribution in [-0.4, -0.2) is 41.1 Å². The summed E-state index contributed by atoms with van der Waals surface area (Å²) in [4.78, 5) is 4.28. The Kier molecular flexibility index (Phi) is 5.53. The van der Waals surface area contributed by atoms with E-state index >= 15 is 0 Å². The van der Waals surface area contributed by atoms with Crippen molar-refractivity contribution in [3.63, 3.8) is 0 Å². The summed E-state index contributed by atoms with van der Waals surface area (Å²) in [5.74, 6) is 0.178. The summed E-state index contributed by atoms with van der Waals surface area (Å²) in [6.45, 7) is 4.86. The Balaban J connectivity index is 2.69. The summed E-state index contributed by atoms with van der Waals surface area (Å²) in [7, 11) is 1.62. The molecule has 1 heterocycles. The van der Waals surface area contributed by atoms with Gasteiger partial charge in [-0.15, -0.1) is 0 Å². The number of aliphatic hydroxyl groups is 1. The standard InChI is InChI=1S/C13H22N2O3/c1-10-4-5-12(17)11(15-10)8-14-13(2,6-7-16)9-18-3/h4-5,14,16-17H,6-9H2,1-3H3. The van der Waals surface area contributed by atoms with Crippen LogP contribution in [0.2, 0.25) is 0 Å². The Morgan fingerprint density at radius 3 is 2.78 bits per heavy atom. The first-order chi connectivity index (χ1) is 8.50. The highest BCUT2D eigenvalue weighted by molar-refractivity contribution is 5.27. The van der Waals surface area contributed by atoms with Crippen molar-refractivity contribution in [3.8, 4) is 5.75 Å². The quantitative estimate of drug-likeness (QED) is 0.676. The molecule has 0 aliphatic rings. The second-order valence-corrected chi connectivity index (χ2v) is 4.74. The fourth-order valence-electron chi connectivity index (χ4n) is 1.81. The summed E-state index contributed by atoms with van der Waals surface area (Å²) in [6, 6.07) is 3.40. The molecule has 0 saturated carbocycles. The number of methoxy groups -OCH3 is 1. The average Bonchev–Trinajstić information content (AvgIpc) is 2.31. The monoisotopic (exact) mass is 254 g/mol. The van der Waals surface area contributed by atoms with E-state index in [9.17, 15) is 5.11 Å². The fraction of sp³-hybridized carbons (Fsp3) is 0.615. The van der Waals surface area contributed by atoms with Crippen LogP contribution in [-0.2, 0) is 11.3 Å². The number of aromatic hydroxyl groups is 1. The highest BCUT2D eigenvalue weighted by atomic mass is 16.5. The van der Waals surface area contributed by atoms with Crippen molar-refractivity contribution in [2.45, 2.75) is 32.4 Å². The first kappa shape index (κ1) is 14.9. The lowest BCUT2D eigenvalue weighted by Gasteiger charge is -2.29. The number of hydrogen-bond acceptors (Lipinski definition) is 5. The van der Waals surface area contributed by atoms with E-state index in [0.29, 0.717) is 25.3 Å². The Morgan fingerprint density at radius 1 is 1.44 bits per heavy atom. The van der Waals surface area contributed by atoms with Crippen LogP contribution in [0.25, 0.3) is 0 Å². The molecule has 0 saturated heterocycles. The molecule has 5 nitrogen and oxygen atoms in total. The van der Waals surface area contributed by atoms with Gasteiger partial charge in [0.25, 0.3) is 0 Å². The molecular formula is C13H22N2O3. The van der Waals surface area contributed by atoms with Gasteiger partial charge >= 0.3 is 0 Å². The highest BCUT2D eigenvalue weighted by Crippen LogP contribution is 2.17. The first-order valence-electron chi connectivity index (χ1n) is 6.01. The van der Waals surface area contributed by atoms with Crippen LogP contribution >= 0.6 is 0 Å². The topological polar surface area (TPSA) is 74.6 Å². The normalized spacial score (nSPS) is 14.4. The van der Waals surface area contributed by atoms with Gasteiger partial charge < -0.3 is 20.3 Å². The number of hydrogen-bond donors (Lipinski definition) is 3. The van der Waals surface area contributed by atoms with Gasteiger partial charge in [0.2, 0.25) is 0 Å². The minimum Gasteiger partial charge on any atom is -0.506 e. The van der Waals surface area contributed by atoms with E-state index in [1.165, 1.54) is 0 Å². The van der Waals surface area contributed by atoms with Crippen LogP contribution in [0.15, 0.2) is 12.1 Å². The smallest absolute Gasteiger partial charge is 0.138 e. The second kappa shape index (κ2) is 6.68. The molecule has 0 bridgehead atoms. The average molecular weight is 254 g/mol. The molecule has 0 aromatic carbocycles. The van der Waals surface area contributed by atoms with Gasteiger partial charge in [0.05, 0.1) is 12.3 Å². The van der Waals surface area contributed by atoms with E-state index in [1.807, 2.05) is 13.8 Å². The van der Waals surface area contributed by atoms with Gasteiger partial charge in [-0.25, -0.2) is 0 Å². The van der Waals surface area contributed by atoms with Gasteiger partial charge in [-0.05, 0) is 32.4 Å². The molecule has 0 amide bonds. The number of aryl methyl sites for hydroxylation is 1. The van der Waals surface area contributed by atoms with Crippen molar-refractivity contribution in [3.05, 3.63) is 23.5 Å². The molecule has 1 aromatic heterocycles. The van der Waals surface area contributed by atoms with Crippen LogP contribution in [0.1, 0.15) is 24.7 Å². The Morgan fingerprint density at radius 2 is 2.17 bits per heavy atom. The number of rotatable bonds is 7. The second-order valence-electron chi connectivity index (χ2n) is 4.74. The molecule has 1 unspecified atom stereocenters. The van der Waals surface area contributed by atoms with Crippen molar-refractivity contribution in [2.24, 2.45) is 0 Å². The summed E-state index contributed by atoms with van der Waals surface area (Å²) in [5, 5.41) is 22.0. The van der Waals surface area contributed by atoms with Crippen LogP contribution in [0.5, 0.6) is 5.75 Å². The van der Waals surface area contributed by atoms with E-state index in [4.69, 9.17) is 9.84 Å². The lowest BCUT2D eigenvalue weighted by atomic mass is 9.99. The van der Waals surface area contributed by atoms with E-state index in [1.54, 1.807) is 19.2 Å². The number of aromatic nitrogens is 1. The van der Waals surface area contributed by atoms with Gasteiger partial charge in [0, 0.05) is 31.5 Å². The van der Waals surface area contributed by atoms with Gasteiger partial charge in [0.15, 0.2) is 0 Å². The van der Waals surface area contributed by atoms with Crippen LogP contribution in [0.4, 0.5) is 0 Å². The van der Waals surface area contributed by atoms with Gasteiger partial charge in [-0.1, -0.05) is 0 Å². The van der Waals surface area contributed by atoms with E-state index in [-0.39, 0.29) is 17.9 Å². The molecule has 102 valence electrons. The van der Waals surface area contributed by atoms with E-state index in [0.717, 1.165) is 5.69 Å². The van der Waals surface area contributed by atoms with Crippen molar-refractivity contribution in [2.75, 3.05) is 20.3 Å². The lowest BCUT2D eigenvalue weighted by molar-refractivity contribution is 0.0965. The maximum Gasteiger partial charge on any atom is 0.138 e. The molecule has 1 rings (SSSR count). The summed E-state index contributed by atoms with van der Waals surface area (Å²) < 4.78 is 5.15. The van der Waals surface area contributed by atoms with Crippen LogP contribution in [0, 0.1) is 6.92 Å². The first-order valence-corrected chi connectivity index (χ1v) is 6.01. The molecule has 5 heteroatoms. The van der Waals surface area contributed by atoms with Crippen molar-refractivity contribution >= 4 is 0 Å². The summed E-state index contributed by atoms with van der Waals surface area (Å²) in [5.41, 5.74) is 1.14. The van der Waals surface area contributed by atoms with Gasteiger partial charge in [-0.2, -0.15) is 0 Å². The largest absolute Gasteiger partial charge is 0.506 e. The maximum atomic E-state index is 9.71. The van der Waals surface area contributed by atoms with Crippen LogP contribution < -0.4 is 5.32 Å². The predicted octanol–water partition coefficient (Wildman–Crippen LogP) is 0.973. The zero-order valence-corrected chi connectivity index (χ0v) is 11.2. The summed E-state index contributed by atoms with van der Waals surface area (Å²) >= 11 is 0. The zero-order chi connectivity index (χ0) is 13.6. The SMILES string of the molecule is COCC(C)(CCO)NCc1nc(C)ccc1O. The Labute approximate surface area is 108 Å². The Hall–Kier alpha value is -1.17. The zero-order valence-electron chi connectivity index (χ0n) is 11.2. The molecular weight excluding hydrogens is 232 g/mol. The molecule has 0 aliphatic heterocycles. The van der Waals surface area contributed by atoms with Crippen LogP contribution in [0.3, 0.4) is 0 Å². The molecule has 18 heavy (non-hydrogen) atoms. The molecule has 0 radical (unpaired) electrons. The third-order valence-electron chi connectivity index (χ3n) is 2.90. The number of nitrogens with one attached hydrogen (secondary N) is 1. The van der Waals surface area contributed by atoms with E-state index in [2.05, 4.69) is 10.3 Å². The molecule has 0 spiro atoms. The van der Waals surface area contributed by atoms with Crippen molar-refractivity contribution < 1.29 is 14.9 Å². The molecule has 1 atom stereocenters. The van der Waals surface area contributed by atoms with Gasteiger partial charge in [-0.3, -0.25) is 4.98 Å². The van der Waals surface area contributed by atoms with E-state index < -0.39 is 0 Å². The predicted molar refractivity (Wildman–Crippen MR) is 69.5 cm³/mol. The highest BCUT2D eigenvalue weighted by Gasteiger charge is 2.23. The summed E-state index contributed by atoms with van der Waals surface area (Å²) in [6.07, 6.45) is 0.577. The third-order valence-corrected chi connectivity index (χ3v) is 2.90. The van der Waals surface area contributed by atoms with Gasteiger partial charge in [0.1, 0.15) is 5.75 Å². The molecule has 1 aromatic rings. The van der Waals surface area contributed by atoms with Crippen molar-refractivity contribution in [1.29, 1.82) is 0 Å². The molecule has 0 fully saturated rings. The number of nitrogens with zero attached hydrogens (tertiary/aromatic N) is 1. The molecule has 3 N–H and O–H groups in total. The number of pyridine rings is 1. The minimum atomic E-state index is -0.332.